The number of nitrogens with one attached hydrogen (secondary N) is 1. The first kappa shape index (κ1) is 17.2. The van der Waals surface area contributed by atoms with E-state index in [-0.39, 0.29) is 6.04 Å². The van der Waals surface area contributed by atoms with E-state index in [0.717, 1.165) is 37.3 Å². The van der Waals surface area contributed by atoms with Crippen LogP contribution in [0.3, 0.4) is 0 Å². The van der Waals surface area contributed by atoms with E-state index in [4.69, 9.17) is 4.42 Å². The Kier molecular flexibility index (Phi) is 5.38. The third-order valence-corrected chi connectivity index (χ3v) is 5.94. The third-order valence-electron chi connectivity index (χ3n) is 4.50. The van der Waals surface area contributed by atoms with Crippen molar-refractivity contribution in [2.24, 2.45) is 0 Å². The van der Waals surface area contributed by atoms with E-state index >= 15 is 0 Å². The summed E-state index contributed by atoms with van der Waals surface area (Å²) in [4.78, 5) is 2.60. The molecule has 1 aliphatic rings. The van der Waals surface area contributed by atoms with Gasteiger partial charge in [-0.3, -0.25) is 4.90 Å². The van der Waals surface area contributed by atoms with Gasteiger partial charge in [0.15, 0.2) is 0 Å². The molecule has 0 bridgehead atoms. The van der Waals surface area contributed by atoms with E-state index in [9.17, 15) is 8.42 Å². The van der Waals surface area contributed by atoms with Crippen LogP contribution in [0.15, 0.2) is 52.0 Å². The molecule has 2 aromatic rings. The molecule has 1 N–H and O–H groups in total. The van der Waals surface area contributed by atoms with E-state index in [2.05, 4.69) is 9.62 Å². The predicted molar refractivity (Wildman–Crippen MR) is 93.2 cm³/mol. The van der Waals surface area contributed by atoms with Crippen molar-refractivity contribution < 1.29 is 12.8 Å². The molecule has 0 spiro atoms. The van der Waals surface area contributed by atoms with Crippen LogP contribution in [0.25, 0.3) is 0 Å². The highest BCUT2D eigenvalue weighted by Crippen LogP contribution is 2.25. The Morgan fingerprint density at radius 3 is 2.46 bits per heavy atom. The third kappa shape index (κ3) is 4.06. The summed E-state index contributed by atoms with van der Waals surface area (Å²) in [5.74, 6) is 0.809. The summed E-state index contributed by atoms with van der Waals surface area (Å²) in [7, 11) is -3.52. The summed E-state index contributed by atoms with van der Waals surface area (Å²) in [6.45, 7) is 4.19. The van der Waals surface area contributed by atoms with Crippen molar-refractivity contribution in [1.82, 2.24) is 9.62 Å². The molecule has 2 heterocycles. The lowest BCUT2D eigenvalue weighted by molar-refractivity contribution is 0.147. The molecule has 1 atom stereocenters. The van der Waals surface area contributed by atoms with Gasteiger partial charge in [0.2, 0.25) is 10.0 Å². The minimum atomic E-state index is -3.52. The molecule has 6 heteroatoms. The lowest BCUT2D eigenvalue weighted by Crippen LogP contribution is -2.40. The molecule has 1 aromatic heterocycles. The molecule has 1 aromatic carbocycles. The number of benzene rings is 1. The van der Waals surface area contributed by atoms with Crippen molar-refractivity contribution in [2.75, 3.05) is 19.6 Å². The fraction of sp³-hybridized carbons (Fsp3) is 0.444. The summed E-state index contributed by atoms with van der Waals surface area (Å²) in [5.41, 5.74) is 1.04. The lowest BCUT2D eigenvalue weighted by atomic mass is 10.1. The van der Waals surface area contributed by atoms with E-state index in [1.54, 1.807) is 18.4 Å². The van der Waals surface area contributed by atoms with E-state index in [1.807, 2.05) is 31.2 Å². The largest absolute Gasteiger partial charge is 0.468 e. The van der Waals surface area contributed by atoms with Crippen LogP contribution in [0.5, 0.6) is 0 Å². The van der Waals surface area contributed by atoms with Crippen molar-refractivity contribution in [2.45, 2.75) is 37.1 Å². The van der Waals surface area contributed by atoms with Gasteiger partial charge in [0.05, 0.1) is 17.2 Å². The van der Waals surface area contributed by atoms with Gasteiger partial charge in [-0.05, 0) is 57.1 Å². The van der Waals surface area contributed by atoms with Crippen molar-refractivity contribution in [1.29, 1.82) is 0 Å². The minimum absolute atomic E-state index is 0.0690. The van der Waals surface area contributed by atoms with Gasteiger partial charge < -0.3 is 4.42 Å². The summed E-state index contributed by atoms with van der Waals surface area (Å²) in [6, 6.07) is 10.6. The van der Waals surface area contributed by atoms with Crippen molar-refractivity contribution >= 4 is 10.0 Å². The smallest absolute Gasteiger partial charge is 0.240 e. The number of hydrogen-bond acceptors (Lipinski definition) is 4. The molecule has 1 unspecified atom stereocenters. The quantitative estimate of drug-likeness (QED) is 0.871. The van der Waals surface area contributed by atoms with Gasteiger partial charge >= 0.3 is 0 Å². The fourth-order valence-electron chi connectivity index (χ4n) is 3.11. The van der Waals surface area contributed by atoms with Crippen LogP contribution >= 0.6 is 0 Å². The Morgan fingerprint density at radius 2 is 1.83 bits per heavy atom. The van der Waals surface area contributed by atoms with Gasteiger partial charge in [-0.15, -0.1) is 0 Å². The number of sulfonamides is 1. The van der Waals surface area contributed by atoms with Crippen molar-refractivity contribution in [3.8, 4) is 0 Å². The molecular weight excluding hydrogens is 324 g/mol. The van der Waals surface area contributed by atoms with Gasteiger partial charge in [-0.2, -0.15) is 0 Å². The molecule has 3 rings (SSSR count). The Bertz CT molecular complexity index is 733. The average Bonchev–Trinajstić information content (AvgIpc) is 3.11. The Balaban J connectivity index is 1.74. The number of aryl methyl sites for hydroxylation is 1. The second-order valence-electron chi connectivity index (χ2n) is 6.29. The van der Waals surface area contributed by atoms with Crippen LogP contribution < -0.4 is 4.72 Å². The predicted octanol–water partition coefficient (Wildman–Crippen LogP) is 3.09. The fourth-order valence-corrected chi connectivity index (χ4v) is 4.15. The Labute approximate surface area is 143 Å². The molecule has 5 nitrogen and oxygen atoms in total. The lowest BCUT2D eigenvalue weighted by Gasteiger charge is -2.33. The number of hydrogen-bond donors (Lipinski definition) is 1. The van der Waals surface area contributed by atoms with Crippen molar-refractivity contribution in [3.05, 3.63) is 54.0 Å². The Hall–Kier alpha value is -1.63. The van der Waals surface area contributed by atoms with Gasteiger partial charge in [-0.1, -0.05) is 24.1 Å². The normalized spacial score (nSPS) is 17.7. The van der Waals surface area contributed by atoms with Crippen LogP contribution in [0.4, 0.5) is 0 Å². The molecule has 0 radical (unpaired) electrons. The summed E-state index contributed by atoms with van der Waals surface area (Å²) < 4.78 is 33.4. The first-order valence-corrected chi connectivity index (χ1v) is 9.88. The van der Waals surface area contributed by atoms with Crippen LogP contribution in [0, 0.1) is 6.92 Å². The van der Waals surface area contributed by atoms with E-state index in [0.29, 0.717) is 11.4 Å². The van der Waals surface area contributed by atoms with Gasteiger partial charge in [0, 0.05) is 6.54 Å². The standard InChI is InChI=1S/C18H24N2O3S/c1-15-7-9-16(10-8-15)24(21,22)19-14-17(18-6-5-13-23-18)20-11-3-2-4-12-20/h5-10,13,17,19H,2-4,11-12,14H2,1H3. The topological polar surface area (TPSA) is 62.6 Å². The second-order valence-corrected chi connectivity index (χ2v) is 8.06. The monoisotopic (exact) mass is 348 g/mol. The summed E-state index contributed by atoms with van der Waals surface area (Å²) >= 11 is 0. The molecule has 1 fully saturated rings. The maximum Gasteiger partial charge on any atom is 0.240 e. The molecule has 0 saturated carbocycles. The molecular formula is C18H24N2O3S. The maximum atomic E-state index is 12.5. The van der Waals surface area contributed by atoms with Crippen LogP contribution in [-0.2, 0) is 10.0 Å². The Morgan fingerprint density at radius 1 is 1.12 bits per heavy atom. The number of rotatable bonds is 6. The van der Waals surface area contributed by atoms with Crippen LogP contribution in [0.1, 0.15) is 36.6 Å². The highest BCUT2D eigenvalue weighted by Gasteiger charge is 2.26. The summed E-state index contributed by atoms with van der Waals surface area (Å²) in [5, 5.41) is 0. The van der Waals surface area contributed by atoms with Crippen LogP contribution in [0.2, 0.25) is 0 Å². The van der Waals surface area contributed by atoms with Gasteiger partial charge in [0.25, 0.3) is 0 Å². The minimum Gasteiger partial charge on any atom is -0.468 e. The second kappa shape index (κ2) is 7.51. The average molecular weight is 348 g/mol. The van der Waals surface area contributed by atoms with Crippen LogP contribution in [-0.4, -0.2) is 33.0 Å². The van der Waals surface area contributed by atoms with E-state index < -0.39 is 10.0 Å². The summed E-state index contributed by atoms with van der Waals surface area (Å²) in [6.07, 6.45) is 5.15. The molecule has 130 valence electrons. The zero-order valence-corrected chi connectivity index (χ0v) is 14.8. The first-order valence-electron chi connectivity index (χ1n) is 8.40. The number of likely N-dealkylation sites (tertiary alicyclic amines) is 1. The molecule has 24 heavy (non-hydrogen) atoms. The SMILES string of the molecule is Cc1ccc(S(=O)(=O)NCC(c2ccco2)N2CCCCC2)cc1. The van der Waals surface area contributed by atoms with Crippen molar-refractivity contribution in [3.63, 3.8) is 0 Å². The van der Waals surface area contributed by atoms with E-state index in [1.165, 1.54) is 6.42 Å². The zero-order valence-electron chi connectivity index (χ0n) is 13.9. The molecule has 1 aliphatic heterocycles. The molecule has 0 amide bonds. The molecule has 0 aliphatic carbocycles. The van der Waals surface area contributed by atoms with Gasteiger partial charge in [0.1, 0.15) is 5.76 Å². The number of piperidine rings is 1. The zero-order chi connectivity index (χ0) is 17.0. The van der Waals surface area contributed by atoms with Gasteiger partial charge in [-0.25, -0.2) is 13.1 Å². The number of furan rings is 1. The molecule has 1 saturated heterocycles. The number of nitrogens with zero attached hydrogens (tertiary/aromatic N) is 1. The first-order chi connectivity index (χ1) is 11.6. The highest BCUT2D eigenvalue weighted by atomic mass is 32.2. The maximum absolute atomic E-state index is 12.5. The highest BCUT2D eigenvalue weighted by molar-refractivity contribution is 7.89.